The molecule has 152 valence electrons. The normalized spacial score (nSPS) is 17.3. The van der Waals surface area contributed by atoms with Crippen LogP contribution >= 0.6 is 0 Å². The van der Waals surface area contributed by atoms with Crippen LogP contribution in [0.15, 0.2) is 66.9 Å². The van der Waals surface area contributed by atoms with Crippen LogP contribution in [0, 0.1) is 0 Å². The van der Waals surface area contributed by atoms with Crippen LogP contribution in [0.3, 0.4) is 0 Å². The second kappa shape index (κ2) is 8.31. The topological polar surface area (TPSA) is 45.2 Å². The summed E-state index contributed by atoms with van der Waals surface area (Å²) >= 11 is 0. The van der Waals surface area contributed by atoms with Crippen molar-refractivity contribution in [3.8, 4) is 0 Å². The molecule has 2 heterocycles. The van der Waals surface area contributed by atoms with Gasteiger partial charge in [-0.25, -0.2) is 4.98 Å². The van der Waals surface area contributed by atoms with Gasteiger partial charge < -0.3 is 10.2 Å². The van der Waals surface area contributed by atoms with Gasteiger partial charge in [0, 0.05) is 32.3 Å². The van der Waals surface area contributed by atoms with Gasteiger partial charge in [0.1, 0.15) is 5.82 Å². The van der Waals surface area contributed by atoms with Crippen LogP contribution < -0.4 is 10.2 Å². The fraction of sp³-hybridized carbons (Fsp3) is 0.308. The zero-order valence-electron chi connectivity index (χ0n) is 17.2. The van der Waals surface area contributed by atoms with E-state index in [1.165, 1.54) is 22.3 Å². The van der Waals surface area contributed by atoms with E-state index in [0.717, 1.165) is 43.7 Å². The molecule has 0 bridgehead atoms. The van der Waals surface area contributed by atoms with Crippen molar-refractivity contribution in [2.24, 2.45) is 0 Å². The maximum absolute atomic E-state index is 12.5. The van der Waals surface area contributed by atoms with E-state index in [9.17, 15) is 4.79 Å². The number of aromatic nitrogens is 1. The van der Waals surface area contributed by atoms with E-state index < -0.39 is 0 Å². The predicted molar refractivity (Wildman–Crippen MR) is 119 cm³/mol. The lowest BCUT2D eigenvalue weighted by Gasteiger charge is -2.29. The third-order valence-corrected chi connectivity index (χ3v) is 6.44. The minimum absolute atomic E-state index is 0.119. The summed E-state index contributed by atoms with van der Waals surface area (Å²) in [4.78, 5) is 19.5. The van der Waals surface area contributed by atoms with Crippen molar-refractivity contribution in [1.29, 1.82) is 0 Å². The highest BCUT2D eigenvalue weighted by atomic mass is 16.1. The molecule has 2 aliphatic rings. The molecular formula is C26H27N3O. The minimum atomic E-state index is 0.119. The second-order valence-corrected chi connectivity index (χ2v) is 8.38. The number of rotatable bonds is 5. The van der Waals surface area contributed by atoms with Crippen molar-refractivity contribution in [2.45, 2.75) is 44.7 Å². The van der Waals surface area contributed by atoms with Crippen molar-refractivity contribution in [3.63, 3.8) is 0 Å². The van der Waals surface area contributed by atoms with E-state index in [0.29, 0.717) is 18.9 Å². The Morgan fingerprint density at radius 2 is 1.77 bits per heavy atom. The van der Waals surface area contributed by atoms with Gasteiger partial charge in [-0.2, -0.15) is 0 Å². The number of pyridine rings is 1. The lowest BCUT2D eigenvalue weighted by molar-refractivity contribution is -0.121. The van der Waals surface area contributed by atoms with E-state index in [1.54, 1.807) is 0 Å². The molecular weight excluding hydrogens is 370 g/mol. The fourth-order valence-corrected chi connectivity index (χ4v) is 4.75. The summed E-state index contributed by atoms with van der Waals surface area (Å²) in [6.45, 7) is 2.42. The molecule has 5 rings (SSSR count). The Kier molecular flexibility index (Phi) is 5.22. The number of aryl methyl sites for hydroxylation is 1. The highest BCUT2D eigenvalue weighted by molar-refractivity contribution is 5.77. The molecule has 1 amide bonds. The Morgan fingerprint density at radius 3 is 2.60 bits per heavy atom. The molecule has 30 heavy (non-hydrogen) atoms. The molecule has 0 saturated heterocycles. The molecule has 4 nitrogen and oxygen atoms in total. The Balaban J connectivity index is 1.15. The molecule has 1 N–H and O–H groups in total. The molecule has 4 heteroatoms. The van der Waals surface area contributed by atoms with Crippen LogP contribution in [-0.2, 0) is 30.7 Å². The number of carbonyl (C=O) groups is 1. The molecule has 1 aromatic heterocycles. The molecule has 2 aromatic carbocycles. The van der Waals surface area contributed by atoms with Crippen molar-refractivity contribution >= 4 is 11.7 Å². The van der Waals surface area contributed by atoms with Crippen LogP contribution in [0.1, 0.15) is 46.6 Å². The van der Waals surface area contributed by atoms with Gasteiger partial charge in [0.05, 0.1) is 0 Å². The first kappa shape index (κ1) is 18.9. The smallest absolute Gasteiger partial charge is 0.220 e. The largest absolute Gasteiger partial charge is 0.352 e. The molecule has 0 saturated carbocycles. The minimum Gasteiger partial charge on any atom is -0.352 e. The van der Waals surface area contributed by atoms with Gasteiger partial charge in [0.25, 0.3) is 0 Å². The monoisotopic (exact) mass is 397 g/mol. The lowest BCUT2D eigenvalue weighted by Crippen LogP contribution is -2.31. The molecule has 0 radical (unpaired) electrons. The number of benzene rings is 2. The van der Waals surface area contributed by atoms with Gasteiger partial charge in [-0.3, -0.25) is 4.79 Å². The van der Waals surface area contributed by atoms with Crippen LogP contribution in [0.2, 0.25) is 0 Å². The van der Waals surface area contributed by atoms with Crippen LogP contribution in [0.25, 0.3) is 0 Å². The van der Waals surface area contributed by atoms with Gasteiger partial charge in [-0.05, 0) is 59.1 Å². The molecule has 1 aliphatic heterocycles. The van der Waals surface area contributed by atoms with Gasteiger partial charge in [0.2, 0.25) is 5.91 Å². The molecule has 1 atom stereocenters. The summed E-state index contributed by atoms with van der Waals surface area (Å²) in [6.07, 6.45) is 5.67. The summed E-state index contributed by atoms with van der Waals surface area (Å²) in [5.74, 6) is 1.47. The first-order chi connectivity index (χ1) is 14.8. The number of nitrogens with one attached hydrogen (secondary N) is 1. The van der Waals surface area contributed by atoms with E-state index in [-0.39, 0.29) is 5.91 Å². The van der Waals surface area contributed by atoms with E-state index in [4.69, 9.17) is 0 Å². The van der Waals surface area contributed by atoms with E-state index in [2.05, 4.69) is 75.9 Å². The fourth-order valence-electron chi connectivity index (χ4n) is 4.75. The molecule has 1 unspecified atom stereocenters. The van der Waals surface area contributed by atoms with E-state index >= 15 is 0 Å². The predicted octanol–water partition coefficient (Wildman–Crippen LogP) is 4.38. The summed E-state index contributed by atoms with van der Waals surface area (Å²) in [5.41, 5.74) is 6.61. The number of nitrogens with zero attached hydrogens (tertiary/aromatic N) is 2. The SMILES string of the molecule is O=C(CC1CCc2ccccc21)NCc1ccc(N2CCc3ccccc3C2)nc1. The third kappa shape index (κ3) is 3.95. The summed E-state index contributed by atoms with van der Waals surface area (Å²) in [7, 11) is 0. The number of amides is 1. The number of anilines is 1. The zero-order chi connectivity index (χ0) is 20.3. The van der Waals surface area contributed by atoms with Crippen molar-refractivity contribution < 1.29 is 4.79 Å². The molecule has 0 fully saturated rings. The number of hydrogen-bond acceptors (Lipinski definition) is 3. The van der Waals surface area contributed by atoms with Gasteiger partial charge >= 0.3 is 0 Å². The first-order valence-corrected chi connectivity index (χ1v) is 10.9. The molecule has 3 aromatic rings. The summed E-state index contributed by atoms with van der Waals surface area (Å²) in [6, 6.07) is 21.3. The highest BCUT2D eigenvalue weighted by Gasteiger charge is 2.24. The maximum Gasteiger partial charge on any atom is 0.220 e. The van der Waals surface area contributed by atoms with E-state index in [1.807, 2.05) is 6.20 Å². The lowest BCUT2D eigenvalue weighted by atomic mass is 9.97. The summed E-state index contributed by atoms with van der Waals surface area (Å²) in [5, 5.41) is 3.08. The summed E-state index contributed by atoms with van der Waals surface area (Å²) < 4.78 is 0. The molecule has 1 aliphatic carbocycles. The first-order valence-electron chi connectivity index (χ1n) is 10.9. The number of fused-ring (bicyclic) bond motifs is 2. The third-order valence-electron chi connectivity index (χ3n) is 6.44. The molecule has 0 spiro atoms. The van der Waals surface area contributed by atoms with Gasteiger partial charge in [0.15, 0.2) is 0 Å². The van der Waals surface area contributed by atoms with Crippen molar-refractivity contribution in [2.75, 3.05) is 11.4 Å². The Hall–Kier alpha value is -3.14. The number of carbonyl (C=O) groups excluding carboxylic acids is 1. The second-order valence-electron chi connectivity index (χ2n) is 8.38. The van der Waals surface area contributed by atoms with Crippen molar-refractivity contribution in [1.82, 2.24) is 10.3 Å². The Morgan fingerprint density at radius 1 is 0.967 bits per heavy atom. The average Bonchev–Trinajstić information content (AvgIpc) is 3.20. The zero-order valence-corrected chi connectivity index (χ0v) is 17.2. The average molecular weight is 398 g/mol. The quantitative estimate of drug-likeness (QED) is 0.695. The van der Waals surface area contributed by atoms with Gasteiger partial charge in [-0.15, -0.1) is 0 Å². The maximum atomic E-state index is 12.5. The van der Waals surface area contributed by atoms with Crippen LogP contribution in [0.5, 0.6) is 0 Å². The van der Waals surface area contributed by atoms with Crippen LogP contribution in [-0.4, -0.2) is 17.4 Å². The van der Waals surface area contributed by atoms with Crippen LogP contribution in [0.4, 0.5) is 5.82 Å². The number of hydrogen-bond donors (Lipinski definition) is 1. The highest BCUT2D eigenvalue weighted by Crippen LogP contribution is 2.35. The van der Waals surface area contributed by atoms with Gasteiger partial charge in [-0.1, -0.05) is 54.6 Å². The Bertz CT molecular complexity index is 1040. The standard InChI is InChI=1S/C26H27N3O/c30-26(15-22-11-10-21-6-3-4-8-24(21)22)28-17-19-9-12-25(27-16-19)29-14-13-20-5-1-2-7-23(20)18-29/h1-9,12,16,22H,10-11,13-15,17-18H2,(H,28,30). The van der Waals surface area contributed by atoms with Crippen molar-refractivity contribution in [3.05, 3.63) is 94.7 Å². The Labute approximate surface area is 178 Å².